The SMILES string of the molecule is Cc1cccc(/C(O)=C\C(=O)c2ccccc2O)c1. The first kappa shape index (κ1) is 12.9. The maximum Gasteiger partial charge on any atom is 0.193 e. The molecule has 0 fully saturated rings. The van der Waals surface area contributed by atoms with Gasteiger partial charge in [0.25, 0.3) is 0 Å². The Morgan fingerprint density at radius 3 is 2.53 bits per heavy atom. The molecule has 0 aliphatic rings. The molecule has 0 saturated heterocycles. The average molecular weight is 254 g/mol. The summed E-state index contributed by atoms with van der Waals surface area (Å²) in [5.74, 6) is -0.644. The Morgan fingerprint density at radius 1 is 1.11 bits per heavy atom. The number of para-hydroxylation sites is 1. The summed E-state index contributed by atoms with van der Waals surface area (Å²) < 4.78 is 0. The van der Waals surface area contributed by atoms with Crippen LogP contribution in [0.3, 0.4) is 0 Å². The number of rotatable bonds is 3. The summed E-state index contributed by atoms with van der Waals surface area (Å²) >= 11 is 0. The van der Waals surface area contributed by atoms with E-state index in [0.717, 1.165) is 11.6 Å². The van der Waals surface area contributed by atoms with Crippen LogP contribution in [0, 0.1) is 6.92 Å². The zero-order valence-electron chi connectivity index (χ0n) is 10.5. The number of hydrogen-bond donors (Lipinski definition) is 2. The molecule has 2 rings (SSSR count). The number of aliphatic hydroxyl groups is 1. The average Bonchev–Trinajstić information content (AvgIpc) is 2.39. The quantitative estimate of drug-likeness (QED) is 0.501. The van der Waals surface area contributed by atoms with Crippen molar-refractivity contribution < 1.29 is 15.0 Å². The third-order valence-corrected chi connectivity index (χ3v) is 2.75. The molecule has 0 aliphatic heterocycles. The normalized spacial score (nSPS) is 11.3. The van der Waals surface area contributed by atoms with Gasteiger partial charge in [0.15, 0.2) is 5.78 Å². The molecule has 3 heteroatoms. The highest BCUT2D eigenvalue weighted by atomic mass is 16.3. The first-order chi connectivity index (χ1) is 9.08. The lowest BCUT2D eigenvalue weighted by molar-refractivity contribution is 0.104. The Hall–Kier alpha value is -2.55. The lowest BCUT2D eigenvalue weighted by atomic mass is 10.1. The number of benzene rings is 2. The van der Waals surface area contributed by atoms with E-state index in [0.29, 0.717) is 5.56 Å². The number of hydrogen-bond acceptors (Lipinski definition) is 3. The molecule has 0 amide bonds. The summed E-state index contributed by atoms with van der Waals surface area (Å²) in [7, 11) is 0. The van der Waals surface area contributed by atoms with Crippen LogP contribution in [0.4, 0.5) is 0 Å². The lowest BCUT2D eigenvalue weighted by Crippen LogP contribution is -1.97. The minimum absolute atomic E-state index is 0.0965. The molecule has 0 radical (unpaired) electrons. The number of phenolic OH excluding ortho intramolecular Hbond substituents is 1. The van der Waals surface area contributed by atoms with Crippen LogP contribution < -0.4 is 0 Å². The van der Waals surface area contributed by atoms with E-state index in [1.54, 1.807) is 30.3 Å². The standard InChI is InChI=1S/C16H14O3/c1-11-5-4-6-12(9-11)15(18)10-16(19)13-7-2-3-8-14(13)17/h2-10,17-18H,1H3/b15-10+. The highest BCUT2D eigenvalue weighted by Crippen LogP contribution is 2.19. The van der Waals surface area contributed by atoms with Crippen molar-refractivity contribution in [1.82, 2.24) is 0 Å². The maximum atomic E-state index is 11.9. The fraction of sp³-hybridized carbons (Fsp3) is 0.0625. The number of aryl methyl sites for hydroxylation is 1. The van der Waals surface area contributed by atoms with Crippen molar-refractivity contribution >= 4 is 11.5 Å². The number of aliphatic hydroxyl groups excluding tert-OH is 1. The van der Waals surface area contributed by atoms with Gasteiger partial charge in [-0.3, -0.25) is 4.79 Å². The summed E-state index contributed by atoms with van der Waals surface area (Å²) in [6, 6.07) is 13.4. The largest absolute Gasteiger partial charge is 0.507 e. The van der Waals surface area contributed by atoms with Gasteiger partial charge >= 0.3 is 0 Å². The van der Waals surface area contributed by atoms with Crippen molar-refractivity contribution in [2.24, 2.45) is 0 Å². The number of allylic oxidation sites excluding steroid dienone is 1. The summed E-state index contributed by atoms with van der Waals surface area (Å²) in [5.41, 5.74) is 1.73. The third kappa shape index (κ3) is 3.01. The van der Waals surface area contributed by atoms with Gasteiger partial charge in [0.1, 0.15) is 11.5 Å². The second-order valence-electron chi connectivity index (χ2n) is 4.28. The van der Waals surface area contributed by atoms with E-state index in [1.165, 1.54) is 12.1 Å². The van der Waals surface area contributed by atoms with Crippen molar-refractivity contribution in [3.63, 3.8) is 0 Å². The minimum atomic E-state index is -0.433. The van der Waals surface area contributed by atoms with E-state index < -0.39 is 5.78 Å². The van der Waals surface area contributed by atoms with Crippen LogP contribution in [0.1, 0.15) is 21.5 Å². The predicted molar refractivity (Wildman–Crippen MR) is 74.2 cm³/mol. The summed E-state index contributed by atoms with van der Waals surface area (Å²) in [5, 5.41) is 19.5. The summed E-state index contributed by atoms with van der Waals surface area (Å²) in [6.07, 6.45) is 1.11. The predicted octanol–water partition coefficient (Wildman–Crippen LogP) is 3.48. The second-order valence-corrected chi connectivity index (χ2v) is 4.28. The Kier molecular flexibility index (Phi) is 3.66. The molecular formula is C16H14O3. The van der Waals surface area contributed by atoms with Gasteiger partial charge in [0.2, 0.25) is 0 Å². The van der Waals surface area contributed by atoms with Gasteiger partial charge in [-0.2, -0.15) is 0 Å². The molecule has 0 unspecified atom stereocenters. The molecule has 0 bridgehead atoms. The molecule has 0 saturated carbocycles. The maximum absolute atomic E-state index is 11.9. The molecule has 19 heavy (non-hydrogen) atoms. The van der Waals surface area contributed by atoms with Gasteiger partial charge in [0.05, 0.1) is 5.56 Å². The topological polar surface area (TPSA) is 57.5 Å². The van der Waals surface area contributed by atoms with Gasteiger partial charge in [-0.1, -0.05) is 35.9 Å². The molecule has 0 aromatic heterocycles. The van der Waals surface area contributed by atoms with Crippen LogP contribution in [0.2, 0.25) is 0 Å². The number of aromatic hydroxyl groups is 1. The van der Waals surface area contributed by atoms with Gasteiger partial charge in [-0.25, -0.2) is 0 Å². The van der Waals surface area contributed by atoms with E-state index in [1.807, 2.05) is 13.0 Å². The lowest BCUT2D eigenvalue weighted by Gasteiger charge is -2.03. The Bertz CT molecular complexity index is 642. The van der Waals surface area contributed by atoms with Gasteiger partial charge in [0, 0.05) is 11.6 Å². The molecule has 0 spiro atoms. The molecule has 3 nitrogen and oxygen atoms in total. The Morgan fingerprint density at radius 2 is 1.84 bits per heavy atom. The number of phenols is 1. The first-order valence-electron chi connectivity index (χ1n) is 5.88. The minimum Gasteiger partial charge on any atom is -0.507 e. The van der Waals surface area contributed by atoms with Crippen LogP contribution >= 0.6 is 0 Å². The van der Waals surface area contributed by atoms with E-state index in [4.69, 9.17) is 0 Å². The van der Waals surface area contributed by atoms with E-state index >= 15 is 0 Å². The Labute approximate surface area is 111 Å². The monoisotopic (exact) mass is 254 g/mol. The first-order valence-corrected chi connectivity index (χ1v) is 5.88. The second kappa shape index (κ2) is 5.40. The van der Waals surface area contributed by atoms with Crippen molar-refractivity contribution in [3.05, 3.63) is 71.3 Å². The van der Waals surface area contributed by atoms with E-state index in [-0.39, 0.29) is 17.1 Å². The fourth-order valence-corrected chi connectivity index (χ4v) is 1.77. The fourth-order valence-electron chi connectivity index (χ4n) is 1.77. The molecule has 2 aromatic rings. The van der Waals surface area contributed by atoms with Gasteiger partial charge < -0.3 is 10.2 Å². The Balaban J connectivity index is 2.31. The van der Waals surface area contributed by atoms with E-state index in [9.17, 15) is 15.0 Å². The molecule has 2 N–H and O–H groups in total. The molecule has 0 aliphatic carbocycles. The number of carbonyl (C=O) groups excluding carboxylic acids is 1. The molecule has 2 aromatic carbocycles. The van der Waals surface area contributed by atoms with Crippen LogP contribution in [0.15, 0.2) is 54.6 Å². The summed E-state index contributed by atoms with van der Waals surface area (Å²) in [6.45, 7) is 1.90. The van der Waals surface area contributed by atoms with E-state index in [2.05, 4.69) is 0 Å². The van der Waals surface area contributed by atoms with Crippen molar-refractivity contribution in [2.75, 3.05) is 0 Å². The highest BCUT2D eigenvalue weighted by molar-refractivity contribution is 6.09. The molecule has 0 heterocycles. The van der Waals surface area contributed by atoms with Crippen molar-refractivity contribution in [2.45, 2.75) is 6.92 Å². The van der Waals surface area contributed by atoms with Crippen molar-refractivity contribution in [1.29, 1.82) is 0 Å². The highest BCUT2D eigenvalue weighted by Gasteiger charge is 2.09. The zero-order chi connectivity index (χ0) is 13.8. The van der Waals surface area contributed by atoms with Crippen LogP contribution in [0.5, 0.6) is 5.75 Å². The zero-order valence-corrected chi connectivity index (χ0v) is 10.5. The molecule has 96 valence electrons. The van der Waals surface area contributed by atoms with Crippen LogP contribution in [-0.4, -0.2) is 16.0 Å². The summed E-state index contributed by atoms with van der Waals surface area (Å²) in [4.78, 5) is 11.9. The van der Waals surface area contributed by atoms with Crippen LogP contribution in [0.25, 0.3) is 5.76 Å². The molecule has 0 atom stereocenters. The third-order valence-electron chi connectivity index (χ3n) is 2.75. The van der Waals surface area contributed by atoms with Crippen molar-refractivity contribution in [3.8, 4) is 5.75 Å². The van der Waals surface area contributed by atoms with Crippen LogP contribution in [-0.2, 0) is 0 Å². The number of ketones is 1. The molecular weight excluding hydrogens is 240 g/mol. The number of carbonyl (C=O) groups is 1. The van der Waals surface area contributed by atoms with Gasteiger partial charge in [-0.05, 0) is 25.1 Å². The van der Waals surface area contributed by atoms with Gasteiger partial charge in [-0.15, -0.1) is 0 Å². The smallest absolute Gasteiger partial charge is 0.193 e.